The molecule has 10 rings (SSSR count). The molecule has 9 aromatic rings. The predicted octanol–water partition coefficient (Wildman–Crippen LogP) is 12.4. The second-order valence-electron chi connectivity index (χ2n) is 12.9. The molecule has 0 atom stereocenters. The molecule has 0 spiro atoms. The van der Waals surface area contributed by atoms with Gasteiger partial charge in [-0.25, -0.2) is 0 Å². The Morgan fingerprint density at radius 3 is 1.93 bits per heavy atom. The van der Waals surface area contributed by atoms with Crippen LogP contribution in [0.4, 0.5) is 17.1 Å². The average molecular weight is 592 g/mol. The van der Waals surface area contributed by atoms with E-state index in [1.807, 2.05) is 12.1 Å². The normalized spacial score (nSPS) is 13.6. The van der Waals surface area contributed by atoms with E-state index in [2.05, 4.69) is 146 Å². The zero-order valence-corrected chi connectivity index (χ0v) is 25.5. The number of hydrogen-bond acceptors (Lipinski definition) is 3. The molecular weight excluding hydrogens is 562 g/mol. The van der Waals surface area contributed by atoms with Gasteiger partial charge in [-0.1, -0.05) is 117 Å². The minimum Gasteiger partial charge on any atom is -0.454 e. The number of furan rings is 2. The van der Waals surface area contributed by atoms with Crippen molar-refractivity contribution in [1.82, 2.24) is 0 Å². The first kappa shape index (κ1) is 25.5. The summed E-state index contributed by atoms with van der Waals surface area (Å²) in [4.78, 5) is 2.33. The lowest BCUT2D eigenvalue weighted by Crippen LogP contribution is -2.16. The molecule has 3 nitrogen and oxygen atoms in total. The van der Waals surface area contributed by atoms with Gasteiger partial charge in [-0.05, 0) is 64.0 Å². The van der Waals surface area contributed by atoms with Crippen LogP contribution < -0.4 is 4.90 Å². The van der Waals surface area contributed by atoms with Crippen LogP contribution in [0, 0.1) is 0 Å². The minimum atomic E-state index is -0.136. The molecule has 3 heteroatoms. The number of fused-ring (bicyclic) bond motifs is 11. The highest BCUT2D eigenvalue weighted by molar-refractivity contribution is 6.18. The Balaban J connectivity index is 1.29. The first-order valence-electron chi connectivity index (χ1n) is 15.9. The fourth-order valence-electron chi connectivity index (χ4n) is 7.84. The van der Waals surface area contributed by atoms with E-state index in [1.165, 1.54) is 27.6 Å². The third-order valence-electron chi connectivity index (χ3n) is 10.1. The fraction of sp³-hybridized carbons (Fsp3) is 0.0698. The second kappa shape index (κ2) is 9.12. The third-order valence-corrected chi connectivity index (χ3v) is 10.1. The molecule has 1 aliphatic rings. The standard InChI is InChI=1S/C43H29NO2/c1-43(2)35-17-7-5-13-29(35)30-24-22-27(25-36(30)43)44(37-18-9-15-32-31-14-6-8-20-39(31)45-41(32)37)38-19-10-16-33-34-23-21-26-11-3-4-12-28(26)40(34)46-42(33)38/h3-25H,1-2H3. The minimum absolute atomic E-state index is 0.136. The van der Waals surface area contributed by atoms with Crippen molar-refractivity contribution < 1.29 is 8.83 Å². The van der Waals surface area contributed by atoms with Gasteiger partial charge in [-0.2, -0.15) is 0 Å². The van der Waals surface area contributed by atoms with Gasteiger partial charge in [0.2, 0.25) is 0 Å². The van der Waals surface area contributed by atoms with Crippen molar-refractivity contribution in [2.75, 3.05) is 4.90 Å². The number of anilines is 3. The van der Waals surface area contributed by atoms with E-state index >= 15 is 0 Å². The summed E-state index contributed by atoms with van der Waals surface area (Å²) in [6, 6.07) is 49.7. The van der Waals surface area contributed by atoms with Gasteiger partial charge in [0.15, 0.2) is 11.2 Å². The maximum Gasteiger partial charge on any atom is 0.159 e. The van der Waals surface area contributed by atoms with E-state index in [0.29, 0.717) is 0 Å². The highest BCUT2D eigenvalue weighted by Gasteiger charge is 2.36. The van der Waals surface area contributed by atoms with Crippen molar-refractivity contribution in [3.05, 3.63) is 151 Å². The van der Waals surface area contributed by atoms with Crippen molar-refractivity contribution in [1.29, 1.82) is 0 Å². The van der Waals surface area contributed by atoms with E-state index in [1.54, 1.807) is 0 Å². The van der Waals surface area contributed by atoms with Crippen LogP contribution in [-0.2, 0) is 5.41 Å². The van der Waals surface area contributed by atoms with Crippen LogP contribution in [0.15, 0.2) is 148 Å². The molecule has 2 heterocycles. The van der Waals surface area contributed by atoms with Gasteiger partial charge < -0.3 is 13.7 Å². The highest BCUT2D eigenvalue weighted by atomic mass is 16.3. The van der Waals surface area contributed by atoms with Crippen LogP contribution >= 0.6 is 0 Å². The van der Waals surface area contributed by atoms with Gasteiger partial charge in [-0.15, -0.1) is 0 Å². The summed E-state index contributed by atoms with van der Waals surface area (Å²) in [6.07, 6.45) is 0. The average Bonchev–Trinajstić information content (AvgIpc) is 3.74. The molecule has 46 heavy (non-hydrogen) atoms. The molecule has 0 unspecified atom stereocenters. The van der Waals surface area contributed by atoms with Gasteiger partial charge in [0.25, 0.3) is 0 Å². The number of rotatable bonds is 3. The van der Waals surface area contributed by atoms with Crippen LogP contribution in [0.1, 0.15) is 25.0 Å². The first-order chi connectivity index (χ1) is 22.6. The molecule has 1 aliphatic carbocycles. The molecule has 0 saturated heterocycles. The fourth-order valence-corrected chi connectivity index (χ4v) is 7.84. The largest absolute Gasteiger partial charge is 0.454 e. The second-order valence-corrected chi connectivity index (χ2v) is 12.9. The zero-order valence-electron chi connectivity index (χ0n) is 25.5. The quantitative estimate of drug-likeness (QED) is 0.205. The summed E-state index contributed by atoms with van der Waals surface area (Å²) in [5.74, 6) is 0. The molecule has 218 valence electrons. The summed E-state index contributed by atoms with van der Waals surface area (Å²) in [7, 11) is 0. The van der Waals surface area contributed by atoms with Crippen LogP contribution in [0.2, 0.25) is 0 Å². The molecule has 0 radical (unpaired) electrons. The lowest BCUT2D eigenvalue weighted by atomic mass is 9.82. The van der Waals surface area contributed by atoms with Gasteiger partial charge in [-0.3, -0.25) is 0 Å². The molecule has 0 saturated carbocycles. The van der Waals surface area contributed by atoms with Crippen LogP contribution in [-0.4, -0.2) is 0 Å². The molecule has 7 aromatic carbocycles. The molecule has 2 aromatic heterocycles. The molecule has 0 amide bonds. The number of para-hydroxylation sites is 3. The van der Waals surface area contributed by atoms with E-state index in [9.17, 15) is 0 Å². The van der Waals surface area contributed by atoms with E-state index in [4.69, 9.17) is 8.83 Å². The van der Waals surface area contributed by atoms with Crippen molar-refractivity contribution in [3.8, 4) is 11.1 Å². The Hall–Kier alpha value is -5.80. The lowest BCUT2D eigenvalue weighted by Gasteiger charge is -2.28. The van der Waals surface area contributed by atoms with E-state index in [-0.39, 0.29) is 5.41 Å². The maximum absolute atomic E-state index is 6.90. The molecular formula is C43H29NO2. The van der Waals surface area contributed by atoms with E-state index in [0.717, 1.165) is 66.3 Å². The van der Waals surface area contributed by atoms with Crippen LogP contribution in [0.5, 0.6) is 0 Å². The van der Waals surface area contributed by atoms with Gasteiger partial charge >= 0.3 is 0 Å². The zero-order chi connectivity index (χ0) is 30.6. The summed E-state index contributed by atoms with van der Waals surface area (Å²) in [6.45, 7) is 4.66. The summed E-state index contributed by atoms with van der Waals surface area (Å²) in [5.41, 5.74) is 11.6. The summed E-state index contributed by atoms with van der Waals surface area (Å²) in [5, 5.41) is 6.69. The number of hydrogen-bond donors (Lipinski definition) is 0. The van der Waals surface area contributed by atoms with Crippen LogP contribution in [0.25, 0.3) is 65.8 Å². The molecule has 0 bridgehead atoms. The molecule has 0 fully saturated rings. The Labute approximate surface area is 265 Å². The van der Waals surface area contributed by atoms with Crippen LogP contribution in [0.3, 0.4) is 0 Å². The van der Waals surface area contributed by atoms with Gasteiger partial charge in [0.1, 0.15) is 11.2 Å². The highest BCUT2D eigenvalue weighted by Crippen LogP contribution is 2.52. The van der Waals surface area contributed by atoms with Gasteiger partial charge in [0.05, 0.1) is 11.4 Å². The lowest BCUT2D eigenvalue weighted by molar-refractivity contribution is 0.660. The maximum atomic E-state index is 6.90. The van der Waals surface area contributed by atoms with Crippen molar-refractivity contribution >= 4 is 71.7 Å². The third kappa shape index (κ3) is 3.37. The number of nitrogens with zero attached hydrogens (tertiary/aromatic N) is 1. The molecule has 0 N–H and O–H groups in total. The summed E-state index contributed by atoms with van der Waals surface area (Å²) >= 11 is 0. The Morgan fingerprint density at radius 2 is 1.09 bits per heavy atom. The first-order valence-corrected chi connectivity index (χ1v) is 15.9. The van der Waals surface area contributed by atoms with Crippen molar-refractivity contribution in [2.24, 2.45) is 0 Å². The SMILES string of the molecule is CC1(C)c2ccccc2-c2ccc(N(c3cccc4c3oc3ccccc34)c3cccc4c3oc3c5ccccc5ccc43)cc21. The molecule has 0 aliphatic heterocycles. The summed E-state index contributed by atoms with van der Waals surface area (Å²) < 4.78 is 13.6. The predicted molar refractivity (Wildman–Crippen MR) is 191 cm³/mol. The van der Waals surface area contributed by atoms with Crippen molar-refractivity contribution in [2.45, 2.75) is 19.3 Å². The Morgan fingerprint density at radius 1 is 0.457 bits per heavy atom. The van der Waals surface area contributed by atoms with Crippen molar-refractivity contribution in [3.63, 3.8) is 0 Å². The van der Waals surface area contributed by atoms with E-state index < -0.39 is 0 Å². The Bertz CT molecular complexity index is 2690. The topological polar surface area (TPSA) is 29.5 Å². The monoisotopic (exact) mass is 591 g/mol. The number of benzene rings is 7. The Kier molecular flexibility index (Phi) is 5.06. The smallest absolute Gasteiger partial charge is 0.159 e. The van der Waals surface area contributed by atoms with Gasteiger partial charge in [0, 0.05) is 38.0 Å².